The van der Waals surface area contributed by atoms with E-state index in [1.54, 1.807) is 24.3 Å². The lowest BCUT2D eigenvalue weighted by atomic mass is 10.1. The lowest BCUT2D eigenvalue weighted by Crippen LogP contribution is -2.21. The first-order chi connectivity index (χ1) is 9.86. The van der Waals surface area contributed by atoms with E-state index in [0.29, 0.717) is 5.69 Å². The topological polar surface area (TPSA) is 41.1 Å². The summed E-state index contributed by atoms with van der Waals surface area (Å²) in [4.78, 5) is 11.8. The smallest absolute Gasteiger partial charge is 0.308 e. The van der Waals surface area contributed by atoms with Crippen molar-refractivity contribution in [2.45, 2.75) is 6.18 Å². The molecular formula is C14H10BrF3N2O. The Morgan fingerprint density at radius 3 is 2.38 bits per heavy atom. The third-order valence-corrected chi connectivity index (χ3v) is 3.06. The van der Waals surface area contributed by atoms with E-state index >= 15 is 0 Å². The molecule has 2 N–H and O–H groups in total. The summed E-state index contributed by atoms with van der Waals surface area (Å²) in [7, 11) is 0. The van der Waals surface area contributed by atoms with Crippen LogP contribution in [0.5, 0.6) is 0 Å². The summed E-state index contributed by atoms with van der Waals surface area (Å²) in [6, 6.07) is 10.8. The summed E-state index contributed by atoms with van der Waals surface area (Å²) in [6.07, 6.45) is -4.53. The van der Waals surface area contributed by atoms with Crippen molar-refractivity contribution in [3.05, 3.63) is 58.6 Å². The standard InChI is InChI=1S/C14H10BrF3N2O/c15-9-4-3-5-10(8-9)19-13(21)20-12-7-2-1-6-11(12)14(16,17)18/h1-8H,(H2,19,20,21). The number of rotatable bonds is 2. The number of urea groups is 1. The molecule has 0 fully saturated rings. The van der Waals surface area contributed by atoms with Crippen molar-refractivity contribution in [3.63, 3.8) is 0 Å². The van der Waals surface area contributed by atoms with Gasteiger partial charge in [0.2, 0.25) is 0 Å². The highest BCUT2D eigenvalue weighted by molar-refractivity contribution is 9.10. The molecule has 3 nitrogen and oxygen atoms in total. The molecule has 0 spiro atoms. The van der Waals surface area contributed by atoms with Crippen LogP contribution in [0.3, 0.4) is 0 Å². The molecule has 0 unspecified atom stereocenters. The van der Waals surface area contributed by atoms with Gasteiger partial charge >= 0.3 is 12.2 Å². The van der Waals surface area contributed by atoms with E-state index in [0.717, 1.165) is 10.5 Å². The Balaban J connectivity index is 2.14. The number of carbonyl (C=O) groups is 1. The minimum absolute atomic E-state index is 0.294. The maximum Gasteiger partial charge on any atom is 0.418 e. The van der Waals surface area contributed by atoms with E-state index in [2.05, 4.69) is 26.6 Å². The molecule has 0 radical (unpaired) electrons. The summed E-state index contributed by atoms with van der Waals surface area (Å²) in [5.74, 6) is 0. The zero-order valence-electron chi connectivity index (χ0n) is 10.5. The predicted molar refractivity (Wildman–Crippen MR) is 78.2 cm³/mol. The number of alkyl halides is 3. The van der Waals surface area contributed by atoms with Crippen molar-refractivity contribution < 1.29 is 18.0 Å². The number of nitrogens with one attached hydrogen (secondary N) is 2. The molecule has 0 heterocycles. The molecule has 7 heteroatoms. The van der Waals surface area contributed by atoms with Crippen molar-refractivity contribution in [3.8, 4) is 0 Å². The highest BCUT2D eigenvalue weighted by atomic mass is 79.9. The second-order valence-electron chi connectivity index (χ2n) is 4.13. The Kier molecular flexibility index (Phi) is 4.52. The summed E-state index contributed by atoms with van der Waals surface area (Å²) in [6.45, 7) is 0. The molecule has 0 aliphatic heterocycles. The average Bonchev–Trinajstić information content (AvgIpc) is 2.37. The van der Waals surface area contributed by atoms with E-state index in [1.807, 2.05) is 0 Å². The summed E-state index contributed by atoms with van der Waals surface area (Å²) < 4.78 is 39.1. The molecule has 0 bridgehead atoms. The SMILES string of the molecule is O=C(Nc1cccc(Br)c1)Nc1ccccc1C(F)(F)F. The minimum Gasteiger partial charge on any atom is -0.308 e. The molecule has 110 valence electrons. The van der Waals surface area contributed by atoms with Gasteiger partial charge in [-0.3, -0.25) is 0 Å². The summed E-state index contributed by atoms with van der Waals surface area (Å²) in [5.41, 5.74) is -0.724. The first-order valence-corrected chi connectivity index (χ1v) is 6.65. The molecule has 2 aromatic carbocycles. The molecule has 0 aliphatic rings. The molecule has 0 saturated carbocycles. The van der Waals surface area contributed by atoms with Gasteiger partial charge in [-0.15, -0.1) is 0 Å². The molecule has 0 saturated heterocycles. The molecule has 2 amide bonds. The van der Waals surface area contributed by atoms with Crippen LogP contribution in [0.2, 0.25) is 0 Å². The third kappa shape index (κ3) is 4.22. The third-order valence-electron chi connectivity index (χ3n) is 2.56. The minimum atomic E-state index is -4.53. The molecule has 2 rings (SSSR count). The van der Waals surface area contributed by atoms with Crippen LogP contribution in [-0.4, -0.2) is 6.03 Å². The molecule has 2 aromatic rings. The van der Waals surface area contributed by atoms with Crippen LogP contribution in [0.1, 0.15) is 5.56 Å². The first-order valence-electron chi connectivity index (χ1n) is 5.86. The largest absolute Gasteiger partial charge is 0.418 e. The zero-order chi connectivity index (χ0) is 15.5. The van der Waals surface area contributed by atoms with Crippen molar-refractivity contribution in [2.24, 2.45) is 0 Å². The van der Waals surface area contributed by atoms with Crippen molar-refractivity contribution in [2.75, 3.05) is 10.6 Å². The molecule has 0 atom stereocenters. The summed E-state index contributed by atoms with van der Waals surface area (Å²) >= 11 is 3.24. The van der Waals surface area contributed by atoms with Crippen LogP contribution < -0.4 is 10.6 Å². The number of hydrogen-bond donors (Lipinski definition) is 2. The lowest BCUT2D eigenvalue weighted by molar-refractivity contribution is -0.136. The van der Waals surface area contributed by atoms with Gasteiger partial charge in [0, 0.05) is 10.2 Å². The van der Waals surface area contributed by atoms with Gasteiger partial charge in [0.05, 0.1) is 11.3 Å². The number of anilines is 2. The van der Waals surface area contributed by atoms with E-state index in [9.17, 15) is 18.0 Å². The Hall–Kier alpha value is -2.02. The molecular weight excluding hydrogens is 349 g/mol. The van der Waals surface area contributed by atoms with Crippen LogP contribution in [0.25, 0.3) is 0 Å². The number of benzene rings is 2. The summed E-state index contributed by atoms with van der Waals surface area (Å²) in [5, 5.41) is 4.66. The Morgan fingerprint density at radius 2 is 1.71 bits per heavy atom. The van der Waals surface area contributed by atoms with Crippen molar-refractivity contribution in [1.29, 1.82) is 0 Å². The van der Waals surface area contributed by atoms with Gasteiger partial charge in [0.25, 0.3) is 0 Å². The normalized spacial score (nSPS) is 11.0. The molecule has 0 aromatic heterocycles. The van der Waals surface area contributed by atoms with Gasteiger partial charge in [0.1, 0.15) is 0 Å². The van der Waals surface area contributed by atoms with Gasteiger partial charge in [-0.05, 0) is 30.3 Å². The van der Waals surface area contributed by atoms with Gasteiger partial charge in [-0.2, -0.15) is 13.2 Å². The Morgan fingerprint density at radius 1 is 1.00 bits per heavy atom. The second kappa shape index (κ2) is 6.17. The number of hydrogen-bond acceptors (Lipinski definition) is 1. The first kappa shape index (κ1) is 15.4. The van der Waals surface area contributed by atoms with Crippen molar-refractivity contribution in [1.82, 2.24) is 0 Å². The Labute approximate surface area is 127 Å². The molecule has 0 aliphatic carbocycles. The lowest BCUT2D eigenvalue weighted by Gasteiger charge is -2.14. The second-order valence-corrected chi connectivity index (χ2v) is 5.05. The average molecular weight is 359 g/mol. The number of carbonyl (C=O) groups excluding carboxylic acids is 1. The van der Waals surface area contributed by atoms with Gasteiger partial charge in [0.15, 0.2) is 0 Å². The fraction of sp³-hybridized carbons (Fsp3) is 0.0714. The highest BCUT2D eigenvalue weighted by Crippen LogP contribution is 2.34. The van der Waals surface area contributed by atoms with Gasteiger partial charge in [-0.1, -0.05) is 34.1 Å². The fourth-order valence-electron chi connectivity index (χ4n) is 1.69. The van der Waals surface area contributed by atoms with E-state index in [1.165, 1.54) is 18.2 Å². The van der Waals surface area contributed by atoms with E-state index in [-0.39, 0.29) is 5.69 Å². The van der Waals surface area contributed by atoms with Crippen LogP contribution in [-0.2, 0) is 6.18 Å². The number of amides is 2. The maximum atomic E-state index is 12.8. The number of halogens is 4. The van der Waals surface area contributed by atoms with Crippen LogP contribution in [0, 0.1) is 0 Å². The van der Waals surface area contributed by atoms with Crippen molar-refractivity contribution >= 4 is 33.3 Å². The van der Waals surface area contributed by atoms with E-state index in [4.69, 9.17) is 0 Å². The van der Waals surface area contributed by atoms with Crippen LogP contribution in [0.4, 0.5) is 29.3 Å². The number of para-hydroxylation sites is 1. The quantitative estimate of drug-likeness (QED) is 0.769. The van der Waals surface area contributed by atoms with Crippen LogP contribution in [0.15, 0.2) is 53.0 Å². The van der Waals surface area contributed by atoms with Gasteiger partial charge < -0.3 is 10.6 Å². The maximum absolute atomic E-state index is 12.8. The van der Waals surface area contributed by atoms with Crippen LogP contribution >= 0.6 is 15.9 Å². The predicted octanol–water partition coefficient (Wildman–Crippen LogP) is 5.11. The van der Waals surface area contributed by atoms with Gasteiger partial charge in [-0.25, -0.2) is 4.79 Å². The van der Waals surface area contributed by atoms with E-state index < -0.39 is 17.8 Å². The monoisotopic (exact) mass is 358 g/mol. The fourth-order valence-corrected chi connectivity index (χ4v) is 2.09. The molecule has 21 heavy (non-hydrogen) atoms. The Bertz CT molecular complexity index is 659. The zero-order valence-corrected chi connectivity index (χ0v) is 12.1. The highest BCUT2D eigenvalue weighted by Gasteiger charge is 2.33.